The van der Waals surface area contributed by atoms with E-state index in [-0.39, 0.29) is 5.91 Å². The smallest absolute Gasteiger partial charge is 0.445 e. The molecule has 0 bridgehead atoms. The Hall–Kier alpha value is -1.54. The SMILES string of the molecule is CCCC[N+](CCCC)(CCCC)CCCC.CN1CCN(C(=O)c2ccc([B-](F)(F)F)cc2)CC1. The van der Waals surface area contributed by atoms with Crippen molar-refractivity contribution in [2.75, 3.05) is 59.4 Å². The van der Waals surface area contributed by atoms with Gasteiger partial charge in [-0.05, 0) is 32.7 Å². The van der Waals surface area contributed by atoms with Gasteiger partial charge in [-0.3, -0.25) is 4.79 Å². The molecule has 0 radical (unpaired) electrons. The van der Waals surface area contributed by atoms with Gasteiger partial charge in [0.1, 0.15) is 0 Å². The number of unbranched alkanes of at least 4 members (excludes halogenated alkanes) is 4. The van der Waals surface area contributed by atoms with Gasteiger partial charge in [-0.15, -0.1) is 5.46 Å². The molecule has 0 N–H and O–H groups in total. The van der Waals surface area contributed by atoms with Gasteiger partial charge in [0.2, 0.25) is 0 Å². The molecule has 1 aromatic rings. The number of rotatable bonds is 14. The lowest BCUT2D eigenvalue weighted by atomic mass is 9.80. The van der Waals surface area contributed by atoms with E-state index in [0.717, 1.165) is 25.2 Å². The average Bonchev–Trinajstić information content (AvgIpc) is 2.88. The lowest BCUT2D eigenvalue weighted by molar-refractivity contribution is -0.929. The third kappa shape index (κ3) is 11.7. The van der Waals surface area contributed by atoms with Crippen LogP contribution in [0.1, 0.15) is 89.4 Å². The zero-order valence-corrected chi connectivity index (χ0v) is 23.6. The standard InChI is InChI=1S/C16H36N.C12H15BF3N2O/c1-5-9-13-17(14-10-6-2,15-11-7-3)16-12-8-4;1-17-6-8-18(9-7-17)12(19)10-2-4-11(5-3-10)13(14,15)16/h5-16H2,1-4H3;2-5H,6-9H2,1H3/q+1;-1. The van der Waals surface area contributed by atoms with Gasteiger partial charge in [-0.2, -0.15) is 0 Å². The molecule has 0 aromatic heterocycles. The fourth-order valence-electron chi connectivity index (χ4n) is 4.68. The number of amides is 1. The summed E-state index contributed by atoms with van der Waals surface area (Å²) in [6.07, 6.45) is 11.1. The number of piperazine rings is 1. The van der Waals surface area contributed by atoms with Gasteiger partial charge in [-0.25, -0.2) is 0 Å². The first-order chi connectivity index (χ1) is 17.1. The number of nitrogens with zero attached hydrogens (tertiary/aromatic N) is 3. The van der Waals surface area contributed by atoms with Gasteiger partial charge in [0.25, 0.3) is 5.91 Å². The quantitative estimate of drug-likeness (QED) is 0.221. The lowest BCUT2D eigenvalue weighted by Crippen LogP contribution is -2.50. The molecule has 0 aliphatic carbocycles. The van der Waals surface area contributed by atoms with E-state index in [1.807, 2.05) is 7.05 Å². The zero-order chi connectivity index (χ0) is 27.0. The maximum atomic E-state index is 12.5. The van der Waals surface area contributed by atoms with Crippen LogP contribution in [0.15, 0.2) is 24.3 Å². The fourth-order valence-corrected chi connectivity index (χ4v) is 4.68. The fraction of sp³-hybridized carbons (Fsp3) is 0.750. The maximum Gasteiger partial charge on any atom is 0.509 e. The van der Waals surface area contributed by atoms with E-state index in [1.165, 1.54) is 94.2 Å². The third-order valence-electron chi connectivity index (χ3n) is 7.27. The Morgan fingerprint density at radius 2 is 1.14 bits per heavy atom. The largest absolute Gasteiger partial charge is 0.509 e. The summed E-state index contributed by atoms with van der Waals surface area (Å²) in [7, 11) is 1.97. The Bertz CT molecular complexity index is 682. The van der Waals surface area contributed by atoms with Crippen molar-refractivity contribution >= 4 is 18.3 Å². The molecule has 208 valence electrons. The first kappa shape index (κ1) is 32.5. The highest BCUT2D eigenvalue weighted by Gasteiger charge is 2.26. The predicted molar refractivity (Wildman–Crippen MR) is 148 cm³/mol. The van der Waals surface area contributed by atoms with Crippen LogP contribution in [-0.2, 0) is 0 Å². The van der Waals surface area contributed by atoms with Crippen molar-refractivity contribution in [3.63, 3.8) is 0 Å². The summed E-state index contributed by atoms with van der Waals surface area (Å²) in [5, 5.41) is 0. The van der Waals surface area contributed by atoms with Crippen LogP contribution in [0.4, 0.5) is 12.9 Å². The predicted octanol–water partition coefficient (Wildman–Crippen LogP) is 6.13. The van der Waals surface area contributed by atoms with E-state index in [2.05, 4.69) is 32.6 Å². The monoisotopic (exact) mass is 513 g/mol. The highest BCUT2D eigenvalue weighted by atomic mass is 19.4. The molecule has 4 nitrogen and oxygen atoms in total. The molecule has 0 unspecified atom stereocenters. The molecule has 1 aliphatic rings. The summed E-state index contributed by atoms with van der Waals surface area (Å²) in [5.41, 5.74) is -0.358. The van der Waals surface area contributed by atoms with Gasteiger partial charge in [0.05, 0.1) is 26.2 Å². The first-order valence-electron chi connectivity index (χ1n) is 14.2. The van der Waals surface area contributed by atoms with Crippen LogP contribution in [0.25, 0.3) is 0 Å². The van der Waals surface area contributed by atoms with Crippen molar-refractivity contribution in [2.24, 2.45) is 0 Å². The normalized spacial score (nSPS) is 14.9. The van der Waals surface area contributed by atoms with Gasteiger partial charge >= 0.3 is 6.98 Å². The Kier molecular flexibility index (Phi) is 15.4. The minimum absolute atomic E-state index is 0.200. The average molecular weight is 514 g/mol. The summed E-state index contributed by atoms with van der Waals surface area (Å²) in [4.78, 5) is 15.9. The second kappa shape index (κ2) is 17.1. The molecule has 0 saturated carbocycles. The topological polar surface area (TPSA) is 23.6 Å². The summed E-state index contributed by atoms with van der Waals surface area (Å²) in [5.74, 6) is -0.200. The molecule has 0 atom stereocenters. The molecule has 36 heavy (non-hydrogen) atoms. The number of carbonyl (C=O) groups is 1. The molecule has 1 heterocycles. The highest BCUT2D eigenvalue weighted by molar-refractivity contribution is 6.73. The molecule has 2 rings (SSSR count). The van der Waals surface area contributed by atoms with Crippen LogP contribution in [0.2, 0.25) is 0 Å². The number of carbonyl (C=O) groups excluding carboxylic acids is 1. The van der Waals surface area contributed by atoms with Crippen molar-refractivity contribution in [3.8, 4) is 0 Å². The molecular weight excluding hydrogens is 462 g/mol. The number of benzene rings is 1. The Labute approximate surface area is 218 Å². The zero-order valence-electron chi connectivity index (χ0n) is 23.6. The third-order valence-corrected chi connectivity index (χ3v) is 7.27. The van der Waals surface area contributed by atoms with E-state index in [4.69, 9.17) is 0 Å². The Morgan fingerprint density at radius 1 is 0.750 bits per heavy atom. The van der Waals surface area contributed by atoms with E-state index < -0.39 is 12.4 Å². The highest BCUT2D eigenvalue weighted by Crippen LogP contribution is 2.16. The molecule has 1 aliphatic heterocycles. The van der Waals surface area contributed by atoms with E-state index in [9.17, 15) is 17.7 Å². The number of halogens is 3. The molecule has 1 fully saturated rings. The van der Waals surface area contributed by atoms with Crippen LogP contribution in [0.5, 0.6) is 0 Å². The lowest BCUT2D eigenvalue weighted by Gasteiger charge is -2.39. The summed E-state index contributed by atoms with van der Waals surface area (Å²) < 4.78 is 38.9. The van der Waals surface area contributed by atoms with E-state index in [1.54, 1.807) is 4.90 Å². The van der Waals surface area contributed by atoms with Crippen molar-refractivity contribution < 1.29 is 22.2 Å². The van der Waals surface area contributed by atoms with E-state index in [0.29, 0.717) is 18.7 Å². The molecule has 1 aromatic carbocycles. The van der Waals surface area contributed by atoms with Crippen LogP contribution >= 0.6 is 0 Å². The van der Waals surface area contributed by atoms with Crippen molar-refractivity contribution in [3.05, 3.63) is 29.8 Å². The van der Waals surface area contributed by atoms with Crippen LogP contribution in [0.3, 0.4) is 0 Å². The molecule has 1 amide bonds. The second-order valence-corrected chi connectivity index (χ2v) is 10.4. The van der Waals surface area contributed by atoms with Crippen LogP contribution in [0, 0.1) is 0 Å². The summed E-state index contributed by atoms with van der Waals surface area (Å²) >= 11 is 0. The van der Waals surface area contributed by atoms with Gasteiger partial charge < -0.3 is 27.2 Å². The maximum absolute atomic E-state index is 12.5. The van der Waals surface area contributed by atoms with Gasteiger partial charge in [0, 0.05) is 31.7 Å². The molecule has 8 heteroatoms. The Balaban J connectivity index is 0.000000363. The molecular formula is C28H51BF3N3O. The van der Waals surface area contributed by atoms with Crippen molar-refractivity contribution in [1.29, 1.82) is 0 Å². The molecule has 1 saturated heterocycles. The van der Waals surface area contributed by atoms with Gasteiger partial charge in [-0.1, -0.05) is 77.6 Å². The number of likely N-dealkylation sites (N-methyl/N-ethyl adjacent to an activating group) is 1. The number of hydrogen-bond donors (Lipinski definition) is 0. The molecule has 0 spiro atoms. The van der Waals surface area contributed by atoms with Crippen LogP contribution in [-0.4, -0.2) is 86.6 Å². The van der Waals surface area contributed by atoms with Crippen LogP contribution < -0.4 is 5.46 Å². The Morgan fingerprint density at radius 3 is 1.47 bits per heavy atom. The summed E-state index contributed by atoms with van der Waals surface area (Å²) in [6, 6.07) is 4.46. The summed E-state index contributed by atoms with van der Waals surface area (Å²) in [6.45, 7) is 12.8. The van der Waals surface area contributed by atoms with Crippen molar-refractivity contribution in [1.82, 2.24) is 9.80 Å². The number of quaternary nitrogens is 1. The number of hydrogen-bond acceptors (Lipinski definition) is 2. The van der Waals surface area contributed by atoms with Crippen molar-refractivity contribution in [2.45, 2.75) is 79.1 Å². The minimum Gasteiger partial charge on any atom is -0.445 e. The minimum atomic E-state index is -5.00. The second-order valence-electron chi connectivity index (χ2n) is 10.4. The van der Waals surface area contributed by atoms with E-state index >= 15 is 0 Å². The van der Waals surface area contributed by atoms with Gasteiger partial charge in [0.15, 0.2) is 0 Å². The first-order valence-corrected chi connectivity index (χ1v) is 14.2.